The Morgan fingerprint density at radius 1 is 1.22 bits per heavy atom. The van der Waals surface area contributed by atoms with Gasteiger partial charge in [0.05, 0.1) is 6.10 Å². The van der Waals surface area contributed by atoms with Crippen molar-refractivity contribution in [3.05, 3.63) is 0 Å². The van der Waals surface area contributed by atoms with Gasteiger partial charge in [-0.2, -0.15) is 0 Å². The molecule has 2 aliphatic rings. The normalized spacial score (nSPS) is 25.2. The Balaban J connectivity index is 1.48. The number of carbonyl (C=O) groups excluding carboxylic acids is 1. The van der Waals surface area contributed by atoms with Crippen LogP contribution in [0.1, 0.15) is 44.9 Å². The number of piperidine rings is 1. The topological polar surface area (TPSA) is 41.6 Å². The molecule has 2 saturated heterocycles. The van der Waals surface area contributed by atoms with Crippen molar-refractivity contribution in [3.63, 3.8) is 0 Å². The van der Waals surface area contributed by atoms with Crippen LogP contribution in [0.25, 0.3) is 0 Å². The van der Waals surface area contributed by atoms with Gasteiger partial charge in [-0.05, 0) is 45.2 Å². The number of nitrogens with zero attached hydrogens (tertiary/aromatic N) is 1. The summed E-state index contributed by atoms with van der Waals surface area (Å²) in [5, 5.41) is 3.02. The van der Waals surface area contributed by atoms with E-state index in [0.717, 1.165) is 39.0 Å². The number of rotatable bonds is 6. The lowest BCUT2D eigenvalue weighted by atomic mass is 10.1. The Labute approximate surface area is 110 Å². The molecule has 0 saturated carbocycles. The summed E-state index contributed by atoms with van der Waals surface area (Å²) in [5.41, 5.74) is 0. The van der Waals surface area contributed by atoms with Crippen LogP contribution in [-0.2, 0) is 9.53 Å². The van der Waals surface area contributed by atoms with Crippen molar-refractivity contribution in [2.24, 2.45) is 0 Å². The first-order valence-corrected chi connectivity index (χ1v) is 7.45. The zero-order valence-corrected chi connectivity index (χ0v) is 11.3. The maximum Gasteiger partial charge on any atom is 0.220 e. The van der Waals surface area contributed by atoms with Gasteiger partial charge in [-0.3, -0.25) is 4.79 Å². The van der Waals surface area contributed by atoms with Crippen LogP contribution in [0.4, 0.5) is 0 Å². The van der Waals surface area contributed by atoms with Crippen molar-refractivity contribution in [1.82, 2.24) is 10.2 Å². The SMILES string of the molecule is O=C(CC[C@@H]1CCCO1)NCCN1CCCCC1. The zero-order valence-electron chi connectivity index (χ0n) is 11.3. The highest BCUT2D eigenvalue weighted by Crippen LogP contribution is 2.16. The molecule has 104 valence electrons. The minimum absolute atomic E-state index is 0.183. The summed E-state index contributed by atoms with van der Waals surface area (Å²) in [6.07, 6.45) is 8.10. The summed E-state index contributed by atoms with van der Waals surface area (Å²) < 4.78 is 5.51. The summed E-state index contributed by atoms with van der Waals surface area (Å²) in [5.74, 6) is 0.183. The molecular formula is C14H26N2O2. The van der Waals surface area contributed by atoms with Crippen molar-refractivity contribution < 1.29 is 9.53 Å². The molecule has 2 aliphatic heterocycles. The average molecular weight is 254 g/mol. The summed E-state index contributed by atoms with van der Waals surface area (Å²) in [6.45, 7) is 5.08. The van der Waals surface area contributed by atoms with Crippen molar-refractivity contribution in [3.8, 4) is 0 Å². The minimum Gasteiger partial charge on any atom is -0.378 e. The van der Waals surface area contributed by atoms with Gasteiger partial charge in [0.2, 0.25) is 5.91 Å². The molecule has 18 heavy (non-hydrogen) atoms. The molecule has 0 spiro atoms. The standard InChI is InChI=1S/C14H26N2O2/c17-14(7-6-13-5-4-12-18-13)15-8-11-16-9-2-1-3-10-16/h13H,1-12H2,(H,15,17)/t13-/m0/s1. The highest BCUT2D eigenvalue weighted by atomic mass is 16.5. The number of ether oxygens (including phenoxy) is 1. The Hall–Kier alpha value is -0.610. The predicted molar refractivity (Wildman–Crippen MR) is 71.5 cm³/mol. The summed E-state index contributed by atoms with van der Waals surface area (Å²) in [6, 6.07) is 0. The van der Waals surface area contributed by atoms with E-state index in [1.165, 1.54) is 32.4 Å². The molecule has 4 heteroatoms. The Morgan fingerprint density at radius 3 is 2.78 bits per heavy atom. The molecule has 0 aromatic rings. The largest absolute Gasteiger partial charge is 0.378 e. The number of amides is 1. The number of carbonyl (C=O) groups is 1. The highest BCUT2D eigenvalue weighted by Gasteiger charge is 2.16. The van der Waals surface area contributed by atoms with Gasteiger partial charge < -0.3 is 15.0 Å². The second-order valence-corrected chi connectivity index (χ2v) is 5.43. The maximum absolute atomic E-state index is 11.7. The Bertz CT molecular complexity index is 246. The highest BCUT2D eigenvalue weighted by molar-refractivity contribution is 5.75. The van der Waals surface area contributed by atoms with Gasteiger partial charge in [0.1, 0.15) is 0 Å². The van der Waals surface area contributed by atoms with Crippen LogP contribution in [0, 0.1) is 0 Å². The molecule has 0 radical (unpaired) electrons. The van der Waals surface area contributed by atoms with Crippen LogP contribution < -0.4 is 5.32 Å². The molecule has 0 aromatic heterocycles. The van der Waals surface area contributed by atoms with Crippen LogP contribution in [0.5, 0.6) is 0 Å². The van der Waals surface area contributed by atoms with Crippen LogP contribution in [0.3, 0.4) is 0 Å². The number of hydrogen-bond acceptors (Lipinski definition) is 3. The van der Waals surface area contributed by atoms with E-state index in [9.17, 15) is 4.79 Å². The van der Waals surface area contributed by atoms with E-state index < -0.39 is 0 Å². The second-order valence-electron chi connectivity index (χ2n) is 5.43. The molecule has 2 fully saturated rings. The third-order valence-corrected chi connectivity index (χ3v) is 3.92. The number of likely N-dealkylation sites (tertiary alicyclic amines) is 1. The first-order chi connectivity index (χ1) is 8.84. The van der Waals surface area contributed by atoms with Crippen molar-refractivity contribution in [1.29, 1.82) is 0 Å². The smallest absolute Gasteiger partial charge is 0.220 e. The monoisotopic (exact) mass is 254 g/mol. The molecule has 0 aliphatic carbocycles. The lowest BCUT2D eigenvalue weighted by molar-refractivity contribution is -0.121. The summed E-state index contributed by atoms with van der Waals surface area (Å²) >= 11 is 0. The quantitative estimate of drug-likeness (QED) is 0.782. The van der Waals surface area contributed by atoms with E-state index >= 15 is 0 Å². The Morgan fingerprint density at radius 2 is 2.06 bits per heavy atom. The van der Waals surface area contributed by atoms with Gasteiger partial charge in [-0.1, -0.05) is 6.42 Å². The summed E-state index contributed by atoms with van der Waals surface area (Å²) in [4.78, 5) is 14.1. The minimum atomic E-state index is 0.183. The van der Waals surface area contributed by atoms with Crippen LogP contribution in [-0.4, -0.2) is 49.7 Å². The van der Waals surface area contributed by atoms with Gasteiger partial charge in [0, 0.05) is 26.1 Å². The van der Waals surface area contributed by atoms with Gasteiger partial charge in [0.25, 0.3) is 0 Å². The van der Waals surface area contributed by atoms with Gasteiger partial charge in [-0.15, -0.1) is 0 Å². The lowest BCUT2D eigenvalue weighted by Crippen LogP contribution is -2.37. The molecule has 1 N–H and O–H groups in total. The molecule has 2 heterocycles. The third kappa shape index (κ3) is 4.94. The average Bonchev–Trinajstić information content (AvgIpc) is 2.91. The molecule has 1 amide bonds. The fourth-order valence-electron chi connectivity index (χ4n) is 2.79. The third-order valence-electron chi connectivity index (χ3n) is 3.92. The van der Waals surface area contributed by atoms with E-state index in [4.69, 9.17) is 4.74 Å². The summed E-state index contributed by atoms with van der Waals surface area (Å²) in [7, 11) is 0. The molecule has 0 unspecified atom stereocenters. The number of hydrogen-bond donors (Lipinski definition) is 1. The van der Waals surface area contributed by atoms with Gasteiger partial charge >= 0.3 is 0 Å². The maximum atomic E-state index is 11.7. The van der Waals surface area contributed by atoms with Crippen LogP contribution in [0.2, 0.25) is 0 Å². The molecule has 1 atom stereocenters. The van der Waals surface area contributed by atoms with Crippen LogP contribution in [0.15, 0.2) is 0 Å². The van der Waals surface area contributed by atoms with Gasteiger partial charge in [0.15, 0.2) is 0 Å². The van der Waals surface area contributed by atoms with E-state index in [-0.39, 0.29) is 5.91 Å². The molecule has 4 nitrogen and oxygen atoms in total. The lowest BCUT2D eigenvalue weighted by Gasteiger charge is -2.26. The molecule has 0 aromatic carbocycles. The first kappa shape index (κ1) is 13.8. The van der Waals surface area contributed by atoms with Crippen molar-refractivity contribution >= 4 is 5.91 Å². The molecule has 0 bridgehead atoms. The van der Waals surface area contributed by atoms with E-state index in [2.05, 4.69) is 10.2 Å². The van der Waals surface area contributed by atoms with Crippen molar-refractivity contribution in [2.45, 2.75) is 51.0 Å². The fraction of sp³-hybridized carbons (Fsp3) is 0.929. The Kier molecular flexibility index (Phi) is 5.94. The molecule has 2 rings (SSSR count). The van der Waals surface area contributed by atoms with Crippen molar-refractivity contribution in [2.75, 3.05) is 32.8 Å². The zero-order chi connectivity index (χ0) is 12.6. The predicted octanol–water partition coefficient (Wildman–Crippen LogP) is 1.55. The van der Waals surface area contributed by atoms with Crippen LogP contribution >= 0.6 is 0 Å². The van der Waals surface area contributed by atoms with E-state index in [1.54, 1.807) is 0 Å². The molecular weight excluding hydrogens is 228 g/mol. The van der Waals surface area contributed by atoms with E-state index in [1.807, 2.05) is 0 Å². The second kappa shape index (κ2) is 7.74. The first-order valence-electron chi connectivity index (χ1n) is 7.45. The number of nitrogens with one attached hydrogen (secondary N) is 1. The fourth-order valence-corrected chi connectivity index (χ4v) is 2.79. The van der Waals surface area contributed by atoms with Gasteiger partial charge in [-0.25, -0.2) is 0 Å². The van der Waals surface area contributed by atoms with E-state index in [0.29, 0.717) is 12.5 Å².